The van der Waals surface area contributed by atoms with E-state index in [0.717, 1.165) is 0 Å². The van der Waals surface area contributed by atoms with Crippen LogP contribution in [0.2, 0.25) is 0 Å². The first-order valence-corrected chi connectivity index (χ1v) is 7.77. The lowest BCUT2D eigenvalue weighted by atomic mass is 10.2. The van der Waals surface area contributed by atoms with Gasteiger partial charge in [-0.05, 0) is 13.8 Å². The van der Waals surface area contributed by atoms with Gasteiger partial charge in [0.1, 0.15) is 6.04 Å². The fourth-order valence-corrected chi connectivity index (χ4v) is 2.52. The number of sulfonamides is 1. The Labute approximate surface area is 117 Å². The SMILES string of the molecule is CC(C)OCCS(=O)(=O)N[C@@H](Cc1cnc[nH]1)C(=O)O. The van der Waals surface area contributed by atoms with Crippen molar-refractivity contribution in [3.63, 3.8) is 0 Å². The van der Waals surface area contributed by atoms with Gasteiger partial charge in [0.05, 0.1) is 24.8 Å². The Morgan fingerprint density at radius 2 is 2.25 bits per heavy atom. The van der Waals surface area contributed by atoms with Crippen molar-refractivity contribution in [1.82, 2.24) is 14.7 Å². The molecule has 0 amide bonds. The van der Waals surface area contributed by atoms with Crippen LogP contribution in [0, 0.1) is 0 Å². The molecule has 0 fully saturated rings. The second kappa shape index (κ2) is 7.36. The number of carbonyl (C=O) groups is 1. The normalized spacial score (nSPS) is 13.6. The molecule has 1 aromatic heterocycles. The quantitative estimate of drug-likeness (QED) is 0.578. The minimum atomic E-state index is -3.71. The molecule has 1 atom stereocenters. The van der Waals surface area contributed by atoms with Crippen molar-refractivity contribution in [2.24, 2.45) is 0 Å². The first-order valence-electron chi connectivity index (χ1n) is 6.12. The lowest BCUT2D eigenvalue weighted by molar-refractivity contribution is -0.138. The first-order chi connectivity index (χ1) is 9.30. The van der Waals surface area contributed by atoms with E-state index in [9.17, 15) is 13.2 Å². The van der Waals surface area contributed by atoms with Gasteiger partial charge in [0.25, 0.3) is 0 Å². The van der Waals surface area contributed by atoms with E-state index in [2.05, 4.69) is 14.7 Å². The summed E-state index contributed by atoms with van der Waals surface area (Å²) in [4.78, 5) is 17.6. The smallest absolute Gasteiger partial charge is 0.322 e. The molecule has 8 nitrogen and oxygen atoms in total. The number of hydrogen-bond donors (Lipinski definition) is 3. The predicted octanol–water partition coefficient (Wildman–Crippen LogP) is -0.250. The molecule has 0 saturated carbocycles. The highest BCUT2D eigenvalue weighted by Gasteiger charge is 2.24. The van der Waals surface area contributed by atoms with Crippen LogP contribution in [0.3, 0.4) is 0 Å². The van der Waals surface area contributed by atoms with Crippen molar-refractivity contribution in [3.8, 4) is 0 Å². The van der Waals surface area contributed by atoms with Gasteiger partial charge in [-0.3, -0.25) is 4.79 Å². The average molecular weight is 305 g/mol. The maximum absolute atomic E-state index is 11.8. The molecule has 1 heterocycles. The monoisotopic (exact) mass is 305 g/mol. The standard InChI is InChI=1S/C11H19N3O5S/c1-8(2)19-3-4-20(17,18)14-10(11(15)16)5-9-6-12-7-13-9/h6-8,10,14H,3-5H2,1-2H3,(H,12,13)(H,15,16)/t10-/m0/s1. The Kier molecular flexibility index (Phi) is 6.11. The highest BCUT2D eigenvalue weighted by atomic mass is 32.2. The second-order valence-corrected chi connectivity index (χ2v) is 6.40. The third kappa shape index (κ3) is 6.13. The number of aliphatic carboxylic acids is 1. The number of H-pyrrole nitrogens is 1. The van der Waals surface area contributed by atoms with Gasteiger partial charge in [0.2, 0.25) is 10.0 Å². The number of imidazole rings is 1. The summed E-state index contributed by atoms with van der Waals surface area (Å²) in [5.74, 6) is -1.52. The Morgan fingerprint density at radius 1 is 1.55 bits per heavy atom. The van der Waals surface area contributed by atoms with E-state index in [4.69, 9.17) is 9.84 Å². The van der Waals surface area contributed by atoms with Gasteiger partial charge in [-0.15, -0.1) is 0 Å². The molecule has 0 radical (unpaired) electrons. The van der Waals surface area contributed by atoms with Crippen molar-refractivity contribution < 1.29 is 23.1 Å². The van der Waals surface area contributed by atoms with E-state index < -0.39 is 22.0 Å². The summed E-state index contributed by atoms with van der Waals surface area (Å²) in [7, 11) is -3.71. The summed E-state index contributed by atoms with van der Waals surface area (Å²) in [5.41, 5.74) is 0.540. The number of nitrogens with zero attached hydrogens (tertiary/aromatic N) is 1. The summed E-state index contributed by atoms with van der Waals surface area (Å²) in [6.07, 6.45) is 2.77. The van der Waals surface area contributed by atoms with Crippen molar-refractivity contribution in [3.05, 3.63) is 18.2 Å². The fourth-order valence-electron chi connectivity index (χ4n) is 1.46. The van der Waals surface area contributed by atoms with Crippen LogP contribution in [-0.2, 0) is 26.0 Å². The largest absolute Gasteiger partial charge is 0.480 e. The number of aromatic nitrogens is 2. The van der Waals surface area contributed by atoms with Crippen molar-refractivity contribution in [2.45, 2.75) is 32.4 Å². The van der Waals surface area contributed by atoms with E-state index in [1.165, 1.54) is 12.5 Å². The minimum Gasteiger partial charge on any atom is -0.480 e. The highest BCUT2D eigenvalue weighted by Crippen LogP contribution is 2.01. The lowest BCUT2D eigenvalue weighted by Gasteiger charge is -2.14. The zero-order chi connectivity index (χ0) is 15.2. The maximum Gasteiger partial charge on any atom is 0.322 e. The zero-order valence-electron chi connectivity index (χ0n) is 11.4. The molecule has 0 bridgehead atoms. The number of carboxylic acid groups (broad SMARTS) is 1. The van der Waals surface area contributed by atoms with Gasteiger partial charge in [-0.25, -0.2) is 18.1 Å². The third-order valence-electron chi connectivity index (χ3n) is 2.40. The summed E-state index contributed by atoms with van der Waals surface area (Å²) < 4.78 is 30.8. The van der Waals surface area contributed by atoms with E-state index in [1.807, 2.05) is 0 Å². The van der Waals surface area contributed by atoms with Crippen LogP contribution in [-0.4, -0.2) is 54.0 Å². The number of ether oxygens (including phenoxy) is 1. The number of rotatable bonds is 9. The highest BCUT2D eigenvalue weighted by molar-refractivity contribution is 7.89. The maximum atomic E-state index is 11.8. The van der Waals surface area contributed by atoms with Gasteiger partial charge in [-0.1, -0.05) is 0 Å². The molecule has 0 unspecified atom stereocenters. The molecule has 0 saturated heterocycles. The van der Waals surface area contributed by atoms with Crippen molar-refractivity contribution in [2.75, 3.05) is 12.4 Å². The Bertz CT molecular complexity index is 512. The van der Waals surface area contributed by atoms with Gasteiger partial charge >= 0.3 is 5.97 Å². The summed E-state index contributed by atoms with van der Waals surface area (Å²) in [6.45, 7) is 3.60. The van der Waals surface area contributed by atoms with E-state index in [1.54, 1.807) is 13.8 Å². The van der Waals surface area contributed by atoms with E-state index >= 15 is 0 Å². The lowest BCUT2D eigenvalue weighted by Crippen LogP contribution is -2.44. The number of nitrogens with one attached hydrogen (secondary N) is 2. The average Bonchev–Trinajstić information content (AvgIpc) is 2.79. The second-order valence-electron chi connectivity index (χ2n) is 4.53. The molecule has 1 rings (SSSR count). The molecule has 1 aromatic rings. The molecular weight excluding hydrogens is 286 g/mol. The van der Waals surface area contributed by atoms with Gasteiger partial charge in [0, 0.05) is 18.3 Å². The van der Waals surface area contributed by atoms with Gasteiger partial charge < -0.3 is 14.8 Å². The number of hydrogen-bond acceptors (Lipinski definition) is 5. The molecule has 20 heavy (non-hydrogen) atoms. The Morgan fingerprint density at radius 3 is 2.75 bits per heavy atom. The fraction of sp³-hybridized carbons (Fsp3) is 0.636. The van der Waals surface area contributed by atoms with Gasteiger partial charge in [-0.2, -0.15) is 0 Å². The Hall–Kier alpha value is -1.45. The minimum absolute atomic E-state index is 0.000396. The molecule has 0 aliphatic carbocycles. The summed E-state index contributed by atoms with van der Waals surface area (Å²) >= 11 is 0. The van der Waals surface area contributed by atoms with E-state index in [0.29, 0.717) is 5.69 Å². The van der Waals surface area contributed by atoms with Crippen LogP contribution in [0.5, 0.6) is 0 Å². The van der Waals surface area contributed by atoms with Gasteiger partial charge in [0.15, 0.2) is 0 Å². The van der Waals surface area contributed by atoms with Crippen LogP contribution in [0.25, 0.3) is 0 Å². The Balaban J connectivity index is 2.58. The molecule has 0 spiro atoms. The van der Waals surface area contributed by atoms with Crippen molar-refractivity contribution >= 4 is 16.0 Å². The molecule has 9 heteroatoms. The molecule has 0 aliphatic heterocycles. The molecule has 114 valence electrons. The molecule has 0 aliphatic rings. The van der Waals surface area contributed by atoms with Crippen molar-refractivity contribution in [1.29, 1.82) is 0 Å². The van der Waals surface area contributed by atoms with Crippen LogP contribution >= 0.6 is 0 Å². The van der Waals surface area contributed by atoms with Crippen LogP contribution in [0.1, 0.15) is 19.5 Å². The summed E-state index contributed by atoms with van der Waals surface area (Å²) in [6, 6.07) is -1.24. The number of carboxylic acids is 1. The number of aromatic amines is 1. The zero-order valence-corrected chi connectivity index (χ0v) is 12.2. The summed E-state index contributed by atoms with van der Waals surface area (Å²) in [5, 5.41) is 9.06. The molecule has 3 N–H and O–H groups in total. The van der Waals surface area contributed by atoms with Crippen LogP contribution in [0.15, 0.2) is 12.5 Å². The predicted molar refractivity (Wildman–Crippen MR) is 71.7 cm³/mol. The van der Waals surface area contributed by atoms with Crippen LogP contribution in [0.4, 0.5) is 0 Å². The third-order valence-corrected chi connectivity index (χ3v) is 3.75. The first kappa shape index (κ1) is 16.6. The van der Waals surface area contributed by atoms with Crippen LogP contribution < -0.4 is 4.72 Å². The molecule has 0 aromatic carbocycles. The van der Waals surface area contributed by atoms with E-state index in [-0.39, 0.29) is 24.9 Å². The molecular formula is C11H19N3O5S. The topological polar surface area (TPSA) is 121 Å².